The topological polar surface area (TPSA) is 111 Å². The molecule has 8 heteroatoms. The molecule has 2 amide bonds. The van der Waals surface area contributed by atoms with E-state index in [0.29, 0.717) is 5.56 Å². The van der Waals surface area contributed by atoms with Gasteiger partial charge in [0.1, 0.15) is 12.3 Å². The first-order chi connectivity index (χ1) is 11.1. The lowest BCUT2D eigenvalue weighted by atomic mass is 10.2. The van der Waals surface area contributed by atoms with Gasteiger partial charge in [-0.15, -0.1) is 0 Å². The van der Waals surface area contributed by atoms with Gasteiger partial charge >= 0.3 is 5.97 Å². The molecule has 0 radical (unpaired) electrons. The van der Waals surface area contributed by atoms with E-state index in [0.717, 1.165) is 0 Å². The minimum atomic E-state index is -0.887. The number of nitrogens with zero attached hydrogens (tertiary/aromatic N) is 1. The lowest BCUT2D eigenvalue weighted by molar-refractivity contribution is -0.148. The van der Waals surface area contributed by atoms with Crippen LogP contribution in [0.4, 0.5) is 5.82 Å². The van der Waals surface area contributed by atoms with Crippen molar-refractivity contribution in [3.63, 3.8) is 0 Å². The van der Waals surface area contributed by atoms with Crippen molar-refractivity contribution in [3.05, 3.63) is 48.2 Å². The highest BCUT2D eigenvalue weighted by Crippen LogP contribution is 2.01. The molecule has 2 rings (SSSR count). The lowest BCUT2D eigenvalue weighted by Crippen LogP contribution is -2.40. The molecule has 1 aromatic heterocycles. The van der Waals surface area contributed by atoms with Crippen LogP contribution in [0, 0.1) is 0 Å². The van der Waals surface area contributed by atoms with E-state index < -0.39 is 30.4 Å². The van der Waals surface area contributed by atoms with Crippen molar-refractivity contribution in [2.24, 2.45) is 0 Å². The van der Waals surface area contributed by atoms with Gasteiger partial charge in [0.15, 0.2) is 12.4 Å². The van der Waals surface area contributed by atoms with Gasteiger partial charge < -0.3 is 19.9 Å². The molecular formula is C15H15N3O5. The minimum Gasteiger partial charge on any atom is -0.454 e. The molecule has 0 saturated carbocycles. The fourth-order valence-corrected chi connectivity index (χ4v) is 1.65. The summed E-state index contributed by atoms with van der Waals surface area (Å²) >= 11 is 0. The Morgan fingerprint density at radius 2 is 1.96 bits per heavy atom. The van der Waals surface area contributed by atoms with Crippen molar-refractivity contribution in [1.29, 1.82) is 0 Å². The Balaban J connectivity index is 1.76. The van der Waals surface area contributed by atoms with E-state index in [4.69, 9.17) is 4.74 Å². The van der Waals surface area contributed by atoms with Gasteiger partial charge in [0.25, 0.3) is 11.8 Å². The Bertz CT molecular complexity index is 670. The van der Waals surface area contributed by atoms with Gasteiger partial charge in [-0.25, -0.2) is 4.79 Å². The highest BCUT2D eigenvalue weighted by atomic mass is 16.5. The van der Waals surface area contributed by atoms with Crippen molar-refractivity contribution >= 4 is 23.6 Å². The third kappa shape index (κ3) is 4.95. The zero-order valence-electron chi connectivity index (χ0n) is 12.3. The summed E-state index contributed by atoms with van der Waals surface area (Å²) in [5.74, 6) is -1.46. The predicted octanol–water partition coefficient (Wildman–Crippen LogP) is 0.975. The minimum absolute atomic E-state index is 0.219. The molecule has 0 aliphatic rings. The van der Waals surface area contributed by atoms with Gasteiger partial charge in [-0.2, -0.15) is 0 Å². The van der Waals surface area contributed by atoms with Crippen molar-refractivity contribution in [1.82, 2.24) is 10.5 Å². The number of carbonyl (C=O) groups is 3. The zero-order valence-corrected chi connectivity index (χ0v) is 12.3. The number of amides is 2. The van der Waals surface area contributed by atoms with Crippen molar-refractivity contribution in [3.8, 4) is 0 Å². The molecule has 0 aliphatic heterocycles. The van der Waals surface area contributed by atoms with Gasteiger partial charge in [0.2, 0.25) is 0 Å². The van der Waals surface area contributed by atoms with E-state index in [1.54, 1.807) is 30.3 Å². The second-order valence-corrected chi connectivity index (χ2v) is 4.60. The Kier molecular flexibility index (Phi) is 5.45. The maximum Gasteiger partial charge on any atom is 0.328 e. The number of carbonyl (C=O) groups excluding carboxylic acids is 3. The van der Waals surface area contributed by atoms with Crippen LogP contribution in [0.1, 0.15) is 17.3 Å². The number of rotatable bonds is 6. The molecule has 120 valence electrons. The second kappa shape index (κ2) is 7.74. The first-order valence-corrected chi connectivity index (χ1v) is 6.79. The molecule has 1 heterocycles. The summed E-state index contributed by atoms with van der Waals surface area (Å²) in [7, 11) is 0. The van der Waals surface area contributed by atoms with Crippen LogP contribution in [0.15, 0.2) is 47.2 Å². The number of aromatic nitrogens is 1. The molecule has 0 aliphatic carbocycles. The summed E-state index contributed by atoms with van der Waals surface area (Å²) in [6, 6.07) is 9.02. The van der Waals surface area contributed by atoms with E-state index >= 15 is 0 Å². The first kappa shape index (κ1) is 16.2. The molecule has 2 N–H and O–H groups in total. The van der Waals surface area contributed by atoms with Crippen LogP contribution in [-0.2, 0) is 14.3 Å². The molecule has 0 saturated heterocycles. The molecule has 0 unspecified atom stereocenters. The summed E-state index contributed by atoms with van der Waals surface area (Å²) in [6.45, 7) is 0.982. The quantitative estimate of drug-likeness (QED) is 0.768. The van der Waals surface area contributed by atoms with Crippen LogP contribution < -0.4 is 10.6 Å². The second-order valence-electron chi connectivity index (χ2n) is 4.60. The highest BCUT2D eigenvalue weighted by molar-refractivity contribution is 5.97. The Morgan fingerprint density at radius 1 is 1.22 bits per heavy atom. The summed E-state index contributed by atoms with van der Waals surface area (Å²) in [4.78, 5) is 35.2. The number of anilines is 1. The molecule has 0 bridgehead atoms. The number of hydrogen-bond acceptors (Lipinski definition) is 6. The molecule has 2 aromatic rings. The van der Waals surface area contributed by atoms with Gasteiger partial charge in [0, 0.05) is 11.6 Å². The van der Waals surface area contributed by atoms with Crippen molar-refractivity contribution < 1.29 is 23.6 Å². The third-order valence-electron chi connectivity index (χ3n) is 2.79. The van der Waals surface area contributed by atoms with E-state index in [-0.39, 0.29) is 5.82 Å². The number of benzene rings is 1. The number of esters is 1. The lowest BCUT2D eigenvalue weighted by Gasteiger charge is -2.13. The summed E-state index contributed by atoms with van der Waals surface area (Å²) in [5, 5.41) is 8.35. The average molecular weight is 317 g/mol. The molecule has 0 fully saturated rings. The van der Waals surface area contributed by atoms with Crippen molar-refractivity contribution in [2.75, 3.05) is 11.9 Å². The number of nitrogens with one attached hydrogen (secondary N) is 2. The van der Waals surface area contributed by atoms with E-state index in [9.17, 15) is 14.4 Å². The highest BCUT2D eigenvalue weighted by Gasteiger charge is 2.19. The van der Waals surface area contributed by atoms with E-state index in [2.05, 4.69) is 20.3 Å². The van der Waals surface area contributed by atoms with Gasteiger partial charge in [-0.1, -0.05) is 23.4 Å². The fourth-order valence-electron chi connectivity index (χ4n) is 1.65. The van der Waals surface area contributed by atoms with E-state index in [1.807, 2.05) is 0 Å². The van der Waals surface area contributed by atoms with Crippen LogP contribution in [0.2, 0.25) is 0 Å². The first-order valence-electron chi connectivity index (χ1n) is 6.79. The molecule has 1 atom stereocenters. The molecule has 23 heavy (non-hydrogen) atoms. The molecular weight excluding hydrogens is 302 g/mol. The third-order valence-corrected chi connectivity index (χ3v) is 2.79. The molecule has 1 aromatic carbocycles. The van der Waals surface area contributed by atoms with Gasteiger partial charge in [-0.05, 0) is 19.1 Å². The summed E-state index contributed by atoms with van der Waals surface area (Å²) < 4.78 is 9.37. The van der Waals surface area contributed by atoms with Crippen molar-refractivity contribution in [2.45, 2.75) is 13.0 Å². The normalized spacial score (nSPS) is 11.3. The van der Waals surface area contributed by atoms with Gasteiger partial charge in [0.05, 0.1) is 0 Å². The summed E-state index contributed by atoms with van der Waals surface area (Å²) in [5.41, 5.74) is 0.427. The zero-order chi connectivity index (χ0) is 16.7. The number of hydrogen-bond donors (Lipinski definition) is 2. The average Bonchev–Trinajstić information content (AvgIpc) is 3.06. The van der Waals surface area contributed by atoms with Crippen LogP contribution in [0.3, 0.4) is 0 Å². The molecule has 8 nitrogen and oxygen atoms in total. The molecule has 0 spiro atoms. The van der Waals surface area contributed by atoms with Gasteiger partial charge in [-0.3, -0.25) is 9.59 Å². The fraction of sp³-hybridized carbons (Fsp3) is 0.200. The number of ether oxygens (including phenoxy) is 1. The SMILES string of the molecule is C[C@H](NC(=O)c1ccccc1)C(=O)OCC(=O)Nc1ccon1. The summed E-state index contributed by atoms with van der Waals surface area (Å²) in [6.07, 6.45) is 1.29. The Labute approximate surface area is 131 Å². The largest absolute Gasteiger partial charge is 0.454 e. The smallest absolute Gasteiger partial charge is 0.328 e. The van der Waals surface area contributed by atoms with Crippen LogP contribution in [-0.4, -0.2) is 35.6 Å². The Hall–Kier alpha value is -3.16. The van der Waals surface area contributed by atoms with E-state index in [1.165, 1.54) is 19.3 Å². The maximum atomic E-state index is 11.9. The van der Waals surface area contributed by atoms with Crippen LogP contribution in [0.25, 0.3) is 0 Å². The predicted molar refractivity (Wildman–Crippen MR) is 79.5 cm³/mol. The monoisotopic (exact) mass is 317 g/mol. The van der Waals surface area contributed by atoms with Crippen LogP contribution in [0.5, 0.6) is 0 Å². The van der Waals surface area contributed by atoms with Crippen LogP contribution >= 0.6 is 0 Å². The maximum absolute atomic E-state index is 11.9. The standard InChI is InChI=1S/C15H15N3O5/c1-10(16-14(20)11-5-3-2-4-6-11)15(21)22-9-13(19)17-12-7-8-23-18-12/h2-8,10H,9H2,1H3,(H,16,20)(H,17,18,19)/t10-/m0/s1. The Morgan fingerprint density at radius 3 is 2.61 bits per heavy atom.